The molecule has 1 aromatic carbocycles. The van der Waals surface area contributed by atoms with Gasteiger partial charge >= 0.3 is 12.0 Å². The number of nitrogens with zero attached hydrogens (tertiary/aromatic N) is 1. The number of esters is 1. The molecule has 26 heavy (non-hydrogen) atoms. The van der Waals surface area contributed by atoms with Gasteiger partial charge in [0, 0.05) is 13.0 Å². The molecule has 1 aliphatic heterocycles. The fraction of sp³-hybridized carbons (Fsp3) is 0.444. The molecular weight excluding hydrogens is 338 g/mol. The van der Waals surface area contributed by atoms with Gasteiger partial charge in [0.15, 0.2) is 6.10 Å². The maximum Gasteiger partial charge on any atom is 0.324 e. The van der Waals surface area contributed by atoms with Crippen LogP contribution in [0.3, 0.4) is 0 Å². The van der Waals surface area contributed by atoms with Crippen LogP contribution in [0.15, 0.2) is 30.3 Å². The highest BCUT2D eigenvalue weighted by Gasteiger charge is 2.28. The molecule has 2 atom stereocenters. The van der Waals surface area contributed by atoms with Crippen LogP contribution in [0.1, 0.15) is 38.3 Å². The van der Waals surface area contributed by atoms with Gasteiger partial charge in [-0.3, -0.25) is 19.3 Å². The lowest BCUT2D eigenvalue weighted by atomic mass is 10.1. The van der Waals surface area contributed by atoms with Crippen molar-refractivity contribution in [2.45, 2.75) is 38.8 Å². The summed E-state index contributed by atoms with van der Waals surface area (Å²) in [4.78, 5) is 47.8. The molecule has 4 amide bonds. The topological polar surface area (TPSA) is 105 Å². The van der Waals surface area contributed by atoms with Crippen LogP contribution in [-0.4, -0.2) is 47.9 Å². The van der Waals surface area contributed by atoms with E-state index in [9.17, 15) is 19.2 Å². The molecule has 1 aliphatic rings. The van der Waals surface area contributed by atoms with Gasteiger partial charge in [-0.15, -0.1) is 0 Å². The summed E-state index contributed by atoms with van der Waals surface area (Å²) in [5.41, 5.74) is 0.952. The number of imide groups is 1. The average Bonchev–Trinajstić information content (AvgIpc) is 2.94. The van der Waals surface area contributed by atoms with Gasteiger partial charge < -0.3 is 15.4 Å². The molecule has 2 N–H and O–H groups in total. The number of amides is 4. The van der Waals surface area contributed by atoms with Crippen molar-refractivity contribution in [3.8, 4) is 0 Å². The quantitative estimate of drug-likeness (QED) is 0.533. The van der Waals surface area contributed by atoms with Crippen molar-refractivity contribution >= 4 is 23.8 Å². The van der Waals surface area contributed by atoms with Crippen molar-refractivity contribution < 1.29 is 23.9 Å². The first-order chi connectivity index (χ1) is 12.4. The zero-order valence-corrected chi connectivity index (χ0v) is 14.9. The van der Waals surface area contributed by atoms with Crippen LogP contribution in [0.2, 0.25) is 0 Å². The number of carbonyl (C=O) groups excluding carboxylic acids is 4. The van der Waals surface area contributed by atoms with Crippen LogP contribution in [0, 0.1) is 0 Å². The van der Waals surface area contributed by atoms with Crippen molar-refractivity contribution in [2.75, 3.05) is 13.1 Å². The van der Waals surface area contributed by atoms with Crippen LogP contribution in [0.4, 0.5) is 4.79 Å². The highest BCUT2D eigenvalue weighted by molar-refractivity contribution is 6.01. The molecule has 1 heterocycles. The SMILES string of the molecule is C[C@H](NC(=O)[C@@H](C)OC(=O)CCCN1C(=O)CNC1=O)c1ccccc1. The monoisotopic (exact) mass is 361 g/mol. The molecule has 0 aliphatic carbocycles. The third-order valence-electron chi connectivity index (χ3n) is 4.04. The Morgan fingerprint density at radius 2 is 1.92 bits per heavy atom. The van der Waals surface area contributed by atoms with Crippen LogP contribution in [0.5, 0.6) is 0 Å². The zero-order chi connectivity index (χ0) is 19.1. The van der Waals surface area contributed by atoms with E-state index < -0.39 is 18.1 Å². The summed E-state index contributed by atoms with van der Waals surface area (Å²) in [6.07, 6.45) is -0.624. The first-order valence-corrected chi connectivity index (χ1v) is 8.51. The van der Waals surface area contributed by atoms with Crippen LogP contribution >= 0.6 is 0 Å². The van der Waals surface area contributed by atoms with Crippen LogP contribution < -0.4 is 10.6 Å². The minimum Gasteiger partial charge on any atom is -0.453 e. The molecule has 0 saturated carbocycles. The molecule has 2 rings (SSSR count). The summed E-state index contributed by atoms with van der Waals surface area (Å²) >= 11 is 0. The molecule has 140 valence electrons. The predicted octanol–water partition coefficient (Wildman–Crippen LogP) is 1.13. The first kappa shape index (κ1) is 19.4. The highest BCUT2D eigenvalue weighted by atomic mass is 16.5. The number of urea groups is 1. The summed E-state index contributed by atoms with van der Waals surface area (Å²) in [5, 5.41) is 5.20. The van der Waals surface area contributed by atoms with E-state index in [0.29, 0.717) is 0 Å². The van der Waals surface area contributed by atoms with Gasteiger partial charge in [-0.1, -0.05) is 30.3 Å². The Hall–Kier alpha value is -2.90. The molecule has 8 nitrogen and oxygen atoms in total. The van der Waals surface area contributed by atoms with E-state index in [0.717, 1.165) is 10.5 Å². The summed E-state index contributed by atoms with van der Waals surface area (Å²) < 4.78 is 5.11. The van der Waals surface area contributed by atoms with Gasteiger partial charge in [0.05, 0.1) is 12.6 Å². The molecule has 0 spiro atoms. The maximum absolute atomic E-state index is 12.1. The Kier molecular flexibility index (Phi) is 6.71. The average molecular weight is 361 g/mol. The molecule has 0 aromatic heterocycles. The van der Waals surface area contributed by atoms with E-state index in [4.69, 9.17) is 4.74 Å². The summed E-state index contributed by atoms with van der Waals surface area (Å²) in [5.74, 6) is -1.25. The number of ether oxygens (including phenoxy) is 1. The smallest absolute Gasteiger partial charge is 0.324 e. The van der Waals surface area contributed by atoms with E-state index in [1.807, 2.05) is 37.3 Å². The van der Waals surface area contributed by atoms with E-state index in [1.54, 1.807) is 0 Å². The van der Waals surface area contributed by atoms with Gasteiger partial charge in [0.1, 0.15) is 0 Å². The molecule has 8 heteroatoms. The number of nitrogens with one attached hydrogen (secondary N) is 2. The number of hydrogen-bond acceptors (Lipinski definition) is 5. The number of rotatable bonds is 8. The van der Waals surface area contributed by atoms with E-state index in [1.165, 1.54) is 6.92 Å². The lowest BCUT2D eigenvalue weighted by molar-refractivity contribution is -0.155. The van der Waals surface area contributed by atoms with E-state index in [-0.39, 0.29) is 43.8 Å². The second-order valence-corrected chi connectivity index (χ2v) is 6.08. The van der Waals surface area contributed by atoms with Crippen LogP contribution in [0.25, 0.3) is 0 Å². The fourth-order valence-electron chi connectivity index (χ4n) is 2.53. The Labute approximate surface area is 151 Å². The first-order valence-electron chi connectivity index (χ1n) is 8.51. The molecule has 0 radical (unpaired) electrons. The Morgan fingerprint density at radius 1 is 1.23 bits per heavy atom. The van der Waals surface area contributed by atoms with Crippen molar-refractivity contribution in [2.24, 2.45) is 0 Å². The van der Waals surface area contributed by atoms with Gasteiger partial charge in [-0.05, 0) is 25.8 Å². The lowest BCUT2D eigenvalue weighted by Crippen LogP contribution is -2.37. The van der Waals surface area contributed by atoms with E-state index in [2.05, 4.69) is 10.6 Å². The number of benzene rings is 1. The van der Waals surface area contributed by atoms with Crippen molar-refractivity contribution in [1.82, 2.24) is 15.5 Å². The van der Waals surface area contributed by atoms with Gasteiger partial charge in [0.2, 0.25) is 5.91 Å². The number of carbonyl (C=O) groups is 4. The van der Waals surface area contributed by atoms with Gasteiger partial charge in [0.25, 0.3) is 5.91 Å². The standard InChI is InChI=1S/C18H23N3O5/c1-12(14-7-4-3-5-8-14)20-17(24)13(2)26-16(23)9-6-10-21-15(22)11-19-18(21)25/h3-5,7-8,12-13H,6,9-11H2,1-2H3,(H,19,25)(H,20,24)/t12-,13+/m0/s1. The van der Waals surface area contributed by atoms with Gasteiger partial charge in [-0.2, -0.15) is 0 Å². The minimum absolute atomic E-state index is 0.0138. The summed E-state index contributed by atoms with van der Waals surface area (Å²) in [6.45, 7) is 3.48. The van der Waals surface area contributed by atoms with Crippen molar-refractivity contribution in [3.05, 3.63) is 35.9 Å². The Morgan fingerprint density at radius 3 is 2.54 bits per heavy atom. The summed E-state index contributed by atoms with van der Waals surface area (Å²) in [7, 11) is 0. The third kappa shape index (κ3) is 5.30. The highest BCUT2D eigenvalue weighted by Crippen LogP contribution is 2.12. The Balaban J connectivity index is 1.71. The normalized spacial score (nSPS) is 16.0. The third-order valence-corrected chi connectivity index (χ3v) is 4.04. The lowest BCUT2D eigenvalue weighted by Gasteiger charge is -2.18. The molecule has 0 unspecified atom stereocenters. The molecule has 1 aromatic rings. The van der Waals surface area contributed by atoms with Crippen molar-refractivity contribution in [3.63, 3.8) is 0 Å². The molecular formula is C18H23N3O5. The fourth-order valence-corrected chi connectivity index (χ4v) is 2.53. The zero-order valence-electron chi connectivity index (χ0n) is 14.9. The molecule has 1 fully saturated rings. The van der Waals surface area contributed by atoms with Crippen molar-refractivity contribution in [1.29, 1.82) is 0 Å². The number of hydrogen-bond donors (Lipinski definition) is 2. The van der Waals surface area contributed by atoms with Gasteiger partial charge in [-0.25, -0.2) is 4.79 Å². The molecule has 1 saturated heterocycles. The minimum atomic E-state index is -0.926. The predicted molar refractivity (Wildman–Crippen MR) is 92.9 cm³/mol. The Bertz CT molecular complexity index is 661. The largest absolute Gasteiger partial charge is 0.453 e. The van der Waals surface area contributed by atoms with Crippen LogP contribution in [-0.2, 0) is 19.1 Å². The maximum atomic E-state index is 12.1. The second-order valence-electron chi connectivity index (χ2n) is 6.08. The summed E-state index contributed by atoms with van der Waals surface area (Å²) in [6, 6.07) is 8.80. The van der Waals surface area contributed by atoms with E-state index >= 15 is 0 Å². The second kappa shape index (κ2) is 8.98. The molecule has 0 bridgehead atoms.